The van der Waals surface area contributed by atoms with Crippen molar-refractivity contribution in [1.29, 1.82) is 0 Å². The lowest BCUT2D eigenvalue weighted by atomic mass is 10.3. The van der Waals surface area contributed by atoms with Gasteiger partial charge in [0.25, 0.3) is 0 Å². The Kier molecular flexibility index (Phi) is 4.53. The Morgan fingerprint density at radius 1 is 1.50 bits per heavy atom. The van der Waals surface area contributed by atoms with Crippen molar-refractivity contribution in [1.82, 2.24) is 0 Å². The highest BCUT2D eigenvalue weighted by Gasteiger charge is 2.12. The molecule has 0 unspecified atom stereocenters. The number of aliphatic hydroxyl groups is 2. The van der Waals surface area contributed by atoms with Gasteiger partial charge in [0.05, 0.1) is 18.8 Å². The van der Waals surface area contributed by atoms with E-state index in [-0.39, 0.29) is 19.2 Å². The quantitative estimate of drug-likeness (QED) is 0.485. The summed E-state index contributed by atoms with van der Waals surface area (Å²) in [6.07, 6.45) is 1.43. The molecule has 0 amide bonds. The van der Waals surface area contributed by atoms with Gasteiger partial charge in [0.15, 0.2) is 0 Å². The summed E-state index contributed by atoms with van der Waals surface area (Å²) in [5, 5.41) is 15.2. The topological polar surface area (TPSA) is 66.8 Å². The van der Waals surface area contributed by atoms with E-state index in [0.29, 0.717) is 5.57 Å². The van der Waals surface area contributed by atoms with Crippen LogP contribution in [-0.2, 0) is 9.53 Å². The van der Waals surface area contributed by atoms with Gasteiger partial charge in [0, 0.05) is 0 Å². The van der Waals surface area contributed by atoms with Crippen molar-refractivity contribution in [3.8, 4) is 0 Å². The van der Waals surface area contributed by atoms with E-state index in [1.165, 1.54) is 6.26 Å². The van der Waals surface area contributed by atoms with Crippen LogP contribution in [0.5, 0.6) is 0 Å². The van der Waals surface area contributed by atoms with E-state index in [1.807, 2.05) is 0 Å². The largest absolute Gasteiger partial charge is 0.430 e. The molecule has 0 aliphatic carbocycles. The van der Waals surface area contributed by atoms with Gasteiger partial charge >= 0.3 is 5.97 Å². The lowest BCUT2D eigenvalue weighted by Gasteiger charge is -2.05. The summed E-state index contributed by atoms with van der Waals surface area (Å²) in [7, 11) is 0. The van der Waals surface area contributed by atoms with Crippen LogP contribution in [0.15, 0.2) is 11.8 Å². The molecule has 1 aliphatic heterocycles. The summed E-state index contributed by atoms with van der Waals surface area (Å²) < 4.78 is 4.24. The van der Waals surface area contributed by atoms with Crippen LogP contribution in [0.3, 0.4) is 0 Å². The fraction of sp³-hybridized carbons (Fsp3) is 0.500. The minimum atomic E-state index is -0.199. The van der Waals surface area contributed by atoms with Gasteiger partial charge in [-0.05, 0) is 6.92 Å². The molecule has 2 N–H and O–H groups in total. The minimum absolute atomic E-state index is 0.125. The average molecular weight is 146 g/mol. The van der Waals surface area contributed by atoms with E-state index in [2.05, 4.69) is 4.74 Å². The van der Waals surface area contributed by atoms with Gasteiger partial charge in [-0.15, -0.1) is 0 Å². The van der Waals surface area contributed by atoms with Gasteiger partial charge in [-0.1, -0.05) is 0 Å². The zero-order valence-electron chi connectivity index (χ0n) is 5.70. The van der Waals surface area contributed by atoms with Crippen LogP contribution in [-0.4, -0.2) is 29.4 Å². The molecule has 0 saturated carbocycles. The smallest absolute Gasteiger partial charge is 0.341 e. The van der Waals surface area contributed by atoms with Crippen molar-refractivity contribution >= 4 is 5.97 Å². The van der Waals surface area contributed by atoms with E-state index in [0.717, 1.165) is 0 Å². The molecule has 4 heteroatoms. The number of carbonyl (C=O) groups excluding carboxylic acids is 1. The summed E-state index contributed by atoms with van der Waals surface area (Å²) in [6.45, 7) is 1.46. The molecule has 0 spiro atoms. The third-order valence-corrected chi connectivity index (χ3v) is 0.765. The second-order valence-electron chi connectivity index (χ2n) is 1.65. The molecule has 0 radical (unpaired) electrons. The van der Waals surface area contributed by atoms with E-state index < -0.39 is 0 Å². The number of hydrogen-bond donors (Lipinski definition) is 2. The molecule has 0 fully saturated rings. The number of carbonyl (C=O) groups is 1. The maximum Gasteiger partial charge on any atom is 0.341 e. The summed E-state index contributed by atoms with van der Waals surface area (Å²) in [5.74, 6) is -0.199. The highest BCUT2D eigenvalue weighted by atomic mass is 16.5. The van der Waals surface area contributed by atoms with Crippen LogP contribution in [0.25, 0.3) is 0 Å². The van der Waals surface area contributed by atoms with Crippen LogP contribution < -0.4 is 0 Å². The first-order valence-electron chi connectivity index (χ1n) is 2.82. The number of esters is 1. The second kappa shape index (κ2) is 4.96. The molecule has 1 rings (SSSR count). The average Bonchev–Trinajstić information content (AvgIpc) is 2.01. The summed E-state index contributed by atoms with van der Waals surface area (Å²) in [4.78, 5) is 9.94. The molecule has 58 valence electrons. The van der Waals surface area contributed by atoms with Gasteiger partial charge in [-0.3, -0.25) is 0 Å². The fourth-order valence-electron chi connectivity index (χ4n) is 0.225. The number of aliphatic hydroxyl groups excluding tert-OH is 2. The van der Waals surface area contributed by atoms with Crippen molar-refractivity contribution < 1.29 is 19.7 Å². The monoisotopic (exact) mass is 146 g/mol. The van der Waals surface area contributed by atoms with E-state index in [9.17, 15) is 4.79 Å². The standard InChI is InChI=1S/C4H4O2.C2H6O2/c1-3-2-6-4(3)5;3-1-2-4/h2H,1H3;3-4H,1-2H2. The van der Waals surface area contributed by atoms with E-state index in [4.69, 9.17) is 10.2 Å². The van der Waals surface area contributed by atoms with E-state index >= 15 is 0 Å². The highest BCUT2D eigenvalue weighted by molar-refractivity contribution is 5.92. The Morgan fingerprint density at radius 3 is 1.90 bits per heavy atom. The van der Waals surface area contributed by atoms with Gasteiger partial charge in [0.1, 0.15) is 6.26 Å². The first-order chi connectivity index (χ1) is 4.72. The molecule has 0 aromatic heterocycles. The molecule has 10 heavy (non-hydrogen) atoms. The van der Waals surface area contributed by atoms with Crippen LogP contribution in [0, 0.1) is 0 Å². The molecule has 0 atom stereocenters. The summed E-state index contributed by atoms with van der Waals surface area (Å²) >= 11 is 0. The molecule has 4 nitrogen and oxygen atoms in total. The lowest BCUT2D eigenvalue weighted by Crippen LogP contribution is -2.10. The molecule has 1 aliphatic rings. The van der Waals surface area contributed by atoms with Crippen molar-refractivity contribution in [3.05, 3.63) is 11.8 Å². The van der Waals surface area contributed by atoms with E-state index in [1.54, 1.807) is 6.92 Å². The highest BCUT2D eigenvalue weighted by Crippen LogP contribution is 2.06. The van der Waals surface area contributed by atoms with Crippen LogP contribution >= 0.6 is 0 Å². The lowest BCUT2D eigenvalue weighted by molar-refractivity contribution is -0.138. The molecule has 0 aromatic carbocycles. The van der Waals surface area contributed by atoms with Gasteiger partial charge in [-0.25, -0.2) is 4.79 Å². The maximum atomic E-state index is 9.94. The SMILES string of the molecule is CC1=COC1=O.OCCO. The Hall–Kier alpha value is -0.870. The zero-order valence-corrected chi connectivity index (χ0v) is 5.70. The molecular weight excluding hydrogens is 136 g/mol. The van der Waals surface area contributed by atoms with Crippen LogP contribution in [0.1, 0.15) is 6.92 Å². The predicted molar refractivity (Wildman–Crippen MR) is 34.0 cm³/mol. The summed E-state index contributed by atoms with van der Waals surface area (Å²) in [6, 6.07) is 0. The van der Waals surface area contributed by atoms with Gasteiger partial charge < -0.3 is 14.9 Å². The normalized spacial score (nSPS) is 13.9. The number of ether oxygens (including phenoxy) is 1. The Labute approximate surface area is 58.7 Å². The second-order valence-corrected chi connectivity index (χ2v) is 1.65. The Bertz CT molecular complexity index is 137. The van der Waals surface area contributed by atoms with Crippen molar-refractivity contribution in [2.45, 2.75) is 6.92 Å². The molecule has 0 saturated heterocycles. The molecule has 0 aromatic rings. The third kappa shape index (κ3) is 3.21. The van der Waals surface area contributed by atoms with Crippen LogP contribution in [0.4, 0.5) is 0 Å². The Balaban J connectivity index is 0.000000180. The number of cyclic esters (lactones) is 1. The third-order valence-electron chi connectivity index (χ3n) is 0.765. The molecule has 1 heterocycles. The number of hydrogen-bond acceptors (Lipinski definition) is 4. The molecular formula is C6H10O4. The summed E-state index contributed by atoms with van der Waals surface area (Å²) in [5.41, 5.74) is 0.704. The number of rotatable bonds is 1. The maximum absolute atomic E-state index is 9.94. The Morgan fingerprint density at radius 2 is 1.90 bits per heavy atom. The first kappa shape index (κ1) is 9.13. The van der Waals surface area contributed by atoms with Gasteiger partial charge in [0.2, 0.25) is 0 Å². The van der Waals surface area contributed by atoms with Crippen LogP contribution in [0.2, 0.25) is 0 Å². The zero-order chi connectivity index (χ0) is 7.98. The predicted octanol–water partition coefficient (Wildman–Crippen LogP) is -0.582. The van der Waals surface area contributed by atoms with Crippen molar-refractivity contribution in [3.63, 3.8) is 0 Å². The van der Waals surface area contributed by atoms with Crippen molar-refractivity contribution in [2.75, 3.05) is 13.2 Å². The first-order valence-corrected chi connectivity index (χ1v) is 2.82. The van der Waals surface area contributed by atoms with Gasteiger partial charge in [-0.2, -0.15) is 0 Å². The van der Waals surface area contributed by atoms with Crippen molar-refractivity contribution in [2.24, 2.45) is 0 Å². The fourth-order valence-corrected chi connectivity index (χ4v) is 0.225. The molecule has 0 bridgehead atoms. The minimum Gasteiger partial charge on any atom is -0.430 e.